The monoisotopic (exact) mass is 645 g/mol. The van der Waals surface area contributed by atoms with Crippen LogP contribution in [0.3, 0.4) is 0 Å². The number of halogens is 1. The SMILES string of the molecule is CC(C)c1ccccc1-c1cc(CC(N)=O)ccc1OC1CCCC1.CCCC=O.CCS(=O)[O-].FC1CNC2(CCCC2)C1. The molecular formula is C36H54FN2O5S-. The summed E-state index contributed by atoms with van der Waals surface area (Å²) in [5.74, 6) is 1.23. The Morgan fingerprint density at radius 1 is 1.11 bits per heavy atom. The molecule has 2 unspecified atom stereocenters. The first-order valence-electron chi connectivity index (χ1n) is 16.6. The molecule has 2 atom stereocenters. The van der Waals surface area contributed by atoms with Gasteiger partial charge in [-0.1, -0.05) is 81.9 Å². The van der Waals surface area contributed by atoms with Crippen molar-refractivity contribution in [3.05, 3.63) is 53.6 Å². The fourth-order valence-electron chi connectivity index (χ4n) is 6.08. The van der Waals surface area contributed by atoms with E-state index in [0.29, 0.717) is 25.0 Å². The molecule has 45 heavy (non-hydrogen) atoms. The predicted molar refractivity (Wildman–Crippen MR) is 181 cm³/mol. The average Bonchev–Trinajstić information content (AvgIpc) is 3.78. The van der Waals surface area contributed by atoms with Gasteiger partial charge in [0, 0.05) is 29.8 Å². The van der Waals surface area contributed by atoms with Gasteiger partial charge in [-0.15, -0.1) is 0 Å². The van der Waals surface area contributed by atoms with Crippen molar-refractivity contribution in [1.29, 1.82) is 0 Å². The highest BCUT2D eigenvalue weighted by Gasteiger charge is 2.40. The first kappa shape index (κ1) is 38.6. The first-order chi connectivity index (χ1) is 21.5. The number of carbonyl (C=O) groups excluding carboxylic acids is 2. The highest BCUT2D eigenvalue weighted by molar-refractivity contribution is 7.79. The largest absolute Gasteiger partial charge is 0.772 e. The number of unbranched alkanes of at least 4 members (excludes halogenated alkanes) is 1. The van der Waals surface area contributed by atoms with E-state index >= 15 is 0 Å². The Kier molecular flexibility index (Phi) is 17.6. The van der Waals surface area contributed by atoms with Crippen LogP contribution in [0.1, 0.15) is 115 Å². The lowest BCUT2D eigenvalue weighted by Crippen LogP contribution is -2.35. The van der Waals surface area contributed by atoms with Crippen LogP contribution in [0, 0.1) is 0 Å². The number of nitrogens with one attached hydrogen (secondary N) is 1. The Hall–Kier alpha value is -2.62. The number of hydrogen-bond acceptors (Lipinski definition) is 6. The van der Waals surface area contributed by atoms with Crippen LogP contribution in [0.4, 0.5) is 4.39 Å². The number of hydrogen-bond donors (Lipinski definition) is 2. The van der Waals surface area contributed by atoms with Crippen LogP contribution in [0.25, 0.3) is 11.1 Å². The number of nitrogens with two attached hydrogens (primary N) is 1. The number of ether oxygens (including phenoxy) is 1. The van der Waals surface area contributed by atoms with Crippen molar-refractivity contribution in [1.82, 2.24) is 5.32 Å². The molecule has 1 amide bonds. The van der Waals surface area contributed by atoms with Gasteiger partial charge < -0.3 is 25.1 Å². The van der Waals surface area contributed by atoms with E-state index in [9.17, 15) is 22.7 Å². The summed E-state index contributed by atoms with van der Waals surface area (Å²) in [7, 11) is 0. The van der Waals surface area contributed by atoms with Crippen molar-refractivity contribution in [3.8, 4) is 16.9 Å². The van der Waals surface area contributed by atoms with Crippen molar-refractivity contribution in [2.75, 3.05) is 12.3 Å². The highest BCUT2D eigenvalue weighted by atomic mass is 32.2. The van der Waals surface area contributed by atoms with Crippen LogP contribution < -0.4 is 15.8 Å². The molecule has 0 bridgehead atoms. The molecule has 252 valence electrons. The molecule has 1 spiro atoms. The van der Waals surface area contributed by atoms with E-state index < -0.39 is 17.3 Å². The lowest BCUT2D eigenvalue weighted by molar-refractivity contribution is -0.117. The molecule has 1 heterocycles. The lowest BCUT2D eigenvalue weighted by Gasteiger charge is -2.21. The van der Waals surface area contributed by atoms with Gasteiger partial charge in [0.25, 0.3) is 0 Å². The molecular weight excluding hydrogens is 591 g/mol. The fourth-order valence-corrected chi connectivity index (χ4v) is 6.08. The van der Waals surface area contributed by atoms with Gasteiger partial charge in [-0.3, -0.25) is 9.00 Å². The zero-order valence-electron chi connectivity index (χ0n) is 27.7. The summed E-state index contributed by atoms with van der Waals surface area (Å²) < 4.78 is 37.8. The molecule has 3 N–H and O–H groups in total. The predicted octanol–water partition coefficient (Wildman–Crippen LogP) is 7.33. The number of alkyl halides is 1. The van der Waals surface area contributed by atoms with Gasteiger partial charge >= 0.3 is 0 Å². The van der Waals surface area contributed by atoms with E-state index in [1.54, 1.807) is 6.92 Å². The summed E-state index contributed by atoms with van der Waals surface area (Å²) in [5.41, 5.74) is 10.1. The summed E-state index contributed by atoms with van der Waals surface area (Å²) in [6, 6.07) is 14.5. The maximum Gasteiger partial charge on any atom is 0.221 e. The number of amides is 1. The molecule has 5 rings (SSSR count). The standard InChI is InChI=1S/C22H27NO2.C8H14FN.C4H8O.C2H6O2S/c1-15(2)18-9-5-6-10-19(18)20-13-16(14-22(23)24)11-12-21(20)25-17-7-3-4-8-17;9-7-5-8(10-6-7)3-1-2-4-8;1-2-3-4-5;1-2-5(3)4/h5-6,9-13,15,17H,3-4,7-8,14H2,1-2H3,(H2,23,24);7,10H,1-6H2;4H,2-3H2,1H3;2H2,1H3,(H,3,4)/p-1. The molecule has 7 nitrogen and oxygen atoms in total. The van der Waals surface area contributed by atoms with Crippen LogP contribution in [-0.2, 0) is 27.1 Å². The van der Waals surface area contributed by atoms with Gasteiger partial charge in [0.15, 0.2) is 0 Å². The summed E-state index contributed by atoms with van der Waals surface area (Å²) in [4.78, 5) is 20.8. The van der Waals surface area contributed by atoms with Crippen LogP contribution in [-0.4, -0.2) is 51.1 Å². The second-order valence-corrected chi connectivity index (χ2v) is 13.6. The van der Waals surface area contributed by atoms with Crippen LogP contribution >= 0.6 is 0 Å². The van der Waals surface area contributed by atoms with Gasteiger partial charge in [-0.2, -0.15) is 0 Å². The van der Waals surface area contributed by atoms with Crippen molar-refractivity contribution in [3.63, 3.8) is 0 Å². The number of aldehydes is 1. The quantitative estimate of drug-likeness (QED) is 0.218. The van der Waals surface area contributed by atoms with Crippen molar-refractivity contribution >= 4 is 23.3 Å². The van der Waals surface area contributed by atoms with Crippen LogP contribution in [0.5, 0.6) is 5.75 Å². The Morgan fingerprint density at radius 2 is 1.76 bits per heavy atom. The van der Waals surface area contributed by atoms with E-state index in [1.165, 1.54) is 49.7 Å². The first-order valence-corrected chi connectivity index (χ1v) is 17.8. The number of primary amides is 1. The number of carbonyl (C=O) groups is 2. The molecule has 2 aromatic rings. The Bertz CT molecular complexity index is 1200. The Balaban J connectivity index is 0.000000286. The highest BCUT2D eigenvalue weighted by Crippen LogP contribution is 2.39. The van der Waals surface area contributed by atoms with E-state index in [1.807, 2.05) is 19.1 Å². The minimum Gasteiger partial charge on any atom is -0.772 e. The summed E-state index contributed by atoms with van der Waals surface area (Å²) in [6.07, 6.45) is 13.1. The lowest BCUT2D eigenvalue weighted by atomic mass is 9.91. The molecule has 3 aliphatic rings. The molecule has 2 saturated carbocycles. The molecule has 1 saturated heterocycles. The third-order valence-corrected chi connectivity index (χ3v) is 8.88. The van der Waals surface area contributed by atoms with Gasteiger partial charge in [-0.25, -0.2) is 4.39 Å². The minimum absolute atomic E-state index is 0.222. The molecule has 9 heteroatoms. The molecule has 0 aromatic heterocycles. The zero-order valence-corrected chi connectivity index (χ0v) is 28.5. The van der Waals surface area contributed by atoms with E-state index in [-0.39, 0.29) is 23.6 Å². The summed E-state index contributed by atoms with van der Waals surface area (Å²) in [5, 5.41) is 3.31. The maximum absolute atomic E-state index is 12.8. The van der Waals surface area contributed by atoms with Gasteiger partial charge in [-0.05, 0) is 86.1 Å². The zero-order chi connectivity index (χ0) is 33.2. The smallest absolute Gasteiger partial charge is 0.221 e. The molecule has 2 aromatic carbocycles. The number of rotatable bonds is 9. The Labute approximate surface area is 272 Å². The van der Waals surface area contributed by atoms with Gasteiger partial charge in [0.05, 0.1) is 12.5 Å². The molecule has 1 aliphatic heterocycles. The van der Waals surface area contributed by atoms with Crippen LogP contribution in [0.2, 0.25) is 0 Å². The summed E-state index contributed by atoms with van der Waals surface area (Å²) in [6.45, 7) is 8.56. The maximum atomic E-state index is 12.8. The average molecular weight is 646 g/mol. The van der Waals surface area contributed by atoms with Gasteiger partial charge in [0.2, 0.25) is 5.91 Å². The van der Waals surface area contributed by atoms with E-state index in [0.717, 1.165) is 48.8 Å². The Morgan fingerprint density at radius 3 is 2.24 bits per heavy atom. The summed E-state index contributed by atoms with van der Waals surface area (Å²) >= 11 is -1.82. The molecule has 2 aliphatic carbocycles. The fraction of sp³-hybridized carbons (Fsp3) is 0.611. The molecule has 0 radical (unpaired) electrons. The van der Waals surface area contributed by atoms with Crippen molar-refractivity contribution in [2.45, 2.75) is 128 Å². The van der Waals surface area contributed by atoms with Crippen molar-refractivity contribution < 1.29 is 27.5 Å². The normalized spacial score (nSPS) is 19.0. The third kappa shape index (κ3) is 13.7. The second kappa shape index (κ2) is 20.5. The van der Waals surface area contributed by atoms with Gasteiger partial charge in [0.1, 0.15) is 18.2 Å². The second-order valence-electron chi connectivity index (χ2n) is 12.5. The minimum atomic E-state index is -1.82. The van der Waals surface area contributed by atoms with Crippen molar-refractivity contribution in [2.24, 2.45) is 5.73 Å². The van der Waals surface area contributed by atoms with E-state index in [2.05, 4.69) is 49.5 Å². The topological polar surface area (TPSA) is 122 Å². The third-order valence-electron chi connectivity index (χ3n) is 8.40. The molecule has 3 fully saturated rings. The number of benzene rings is 2. The van der Waals surface area contributed by atoms with E-state index in [4.69, 9.17) is 10.5 Å². The van der Waals surface area contributed by atoms with Crippen LogP contribution in [0.15, 0.2) is 42.5 Å².